The minimum absolute atomic E-state index is 0.0797. The van der Waals surface area contributed by atoms with Crippen molar-refractivity contribution in [2.24, 2.45) is 0 Å². The summed E-state index contributed by atoms with van der Waals surface area (Å²) in [6.07, 6.45) is -2.77. The number of carbonyl (C=O) groups is 4. The van der Waals surface area contributed by atoms with E-state index in [0.29, 0.717) is 4.47 Å². The highest BCUT2D eigenvalue weighted by atomic mass is 79.9. The first kappa shape index (κ1) is 26.6. The Morgan fingerprint density at radius 2 is 1.30 bits per heavy atom. The highest BCUT2D eigenvalue weighted by Crippen LogP contribution is 2.38. The van der Waals surface area contributed by atoms with Gasteiger partial charge in [0.1, 0.15) is 16.8 Å². The molecule has 1 aromatic carbocycles. The molecule has 0 fully saturated rings. The highest BCUT2D eigenvalue weighted by molar-refractivity contribution is 9.10. The molecule has 2 rings (SSSR count). The molecule has 1 aliphatic heterocycles. The number of hydrogen-bond acceptors (Lipinski definition) is 7. The second-order valence-corrected chi connectivity index (χ2v) is 11.4. The Morgan fingerprint density at radius 1 is 0.848 bits per heavy atom. The van der Waals surface area contributed by atoms with Gasteiger partial charge in [0.2, 0.25) is 0 Å². The Morgan fingerprint density at radius 3 is 1.73 bits per heavy atom. The normalized spacial score (nSPS) is 14.0. The van der Waals surface area contributed by atoms with Gasteiger partial charge in [-0.15, -0.1) is 0 Å². The third-order valence-electron chi connectivity index (χ3n) is 4.02. The molecule has 0 bridgehead atoms. The van der Waals surface area contributed by atoms with Gasteiger partial charge in [0.15, 0.2) is 0 Å². The molecule has 0 saturated carbocycles. The third kappa shape index (κ3) is 6.69. The molecule has 4 amide bonds. The van der Waals surface area contributed by atoms with Gasteiger partial charge in [0.05, 0.1) is 17.8 Å². The number of carbonyl (C=O) groups excluding carboxylic acids is 4. The smallest absolute Gasteiger partial charge is 0.424 e. The molecule has 0 N–H and O–H groups in total. The molecule has 0 radical (unpaired) electrons. The van der Waals surface area contributed by atoms with E-state index in [2.05, 4.69) is 15.9 Å². The summed E-state index contributed by atoms with van der Waals surface area (Å²) in [5.41, 5.74) is -2.09. The average Bonchev–Trinajstić information content (AvgIpc) is 2.91. The quantitative estimate of drug-likeness (QED) is 0.412. The summed E-state index contributed by atoms with van der Waals surface area (Å²) in [6.45, 7) is 14.9. The van der Waals surface area contributed by atoms with Crippen LogP contribution in [0.25, 0.3) is 0 Å². The Bertz CT molecular complexity index is 956. The van der Waals surface area contributed by atoms with Crippen LogP contribution in [0.3, 0.4) is 0 Å². The third-order valence-corrected chi connectivity index (χ3v) is 4.68. The molecule has 0 aromatic heterocycles. The molecule has 182 valence electrons. The van der Waals surface area contributed by atoms with E-state index in [4.69, 9.17) is 14.2 Å². The van der Waals surface area contributed by atoms with Gasteiger partial charge in [-0.05, 0) is 90.4 Å². The largest absolute Gasteiger partial charge is 0.443 e. The zero-order chi connectivity index (χ0) is 25.5. The first-order valence-electron chi connectivity index (χ1n) is 10.4. The summed E-state index contributed by atoms with van der Waals surface area (Å²) in [7, 11) is 0. The molecule has 33 heavy (non-hydrogen) atoms. The van der Waals surface area contributed by atoms with Gasteiger partial charge in [0, 0.05) is 10.0 Å². The Labute approximate surface area is 202 Å². The van der Waals surface area contributed by atoms with Crippen molar-refractivity contribution in [3.63, 3.8) is 0 Å². The zero-order valence-electron chi connectivity index (χ0n) is 20.5. The average molecular weight is 527 g/mol. The maximum absolute atomic E-state index is 13.1. The van der Waals surface area contributed by atoms with Crippen LogP contribution in [0.15, 0.2) is 16.6 Å². The van der Waals surface area contributed by atoms with Crippen LogP contribution in [0.4, 0.5) is 20.1 Å². The van der Waals surface area contributed by atoms with Crippen LogP contribution in [0.1, 0.15) is 78.2 Å². The molecule has 0 spiro atoms. The van der Waals surface area contributed by atoms with Crippen LogP contribution >= 0.6 is 15.9 Å². The molecule has 1 aromatic rings. The zero-order valence-corrected chi connectivity index (χ0v) is 22.1. The standard InChI is InChI=1S/C23H31BrN2O7/c1-21(2,3)31-18(28)25-12-13-15(11-10-14(24)16(13)17(25)27)26(19(29)32-22(4,5)6)20(30)33-23(7,8)9/h10-11H,12H2,1-9H3. The van der Waals surface area contributed by atoms with Gasteiger partial charge in [-0.2, -0.15) is 4.90 Å². The van der Waals surface area contributed by atoms with E-state index in [1.807, 2.05) is 0 Å². The van der Waals surface area contributed by atoms with E-state index >= 15 is 0 Å². The minimum atomic E-state index is -0.968. The number of hydrogen-bond donors (Lipinski definition) is 0. The summed E-state index contributed by atoms with van der Waals surface area (Å²) in [6, 6.07) is 3.01. The van der Waals surface area contributed by atoms with Crippen molar-refractivity contribution in [1.29, 1.82) is 0 Å². The summed E-state index contributed by atoms with van der Waals surface area (Å²) in [5, 5.41) is 0. The molecule has 1 aliphatic rings. The fourth-order valence-electron chi connectivity index (χ4n) is 2.92. The van der Waals surface area contributed by atoms with Crippen molar-refractivity contribution < 1.29 is 33.4 Å². The number of anilines is 1. The lowest BCUT2D eigenvalue weighted by Crippen LogP contribution is -2.44. The van der Waals surface area contributed by atoms with Gasteiger partial charge in [-0.1, -0.05) is 0 Å². The molecule has 10 heteroatoms. The first-order valence-corrected chi connectivity index (χ1v) is 11.2. The van der Waals surface area contributed by atoms with E-state index in [1.165, 1.54) is 12.1 Å². The summed E-state index contributed by atoms with van der Waals surface area (Å²) >= 11 is 3.33. The van der Waals surface area contributed by atoms with Gasteiger partial charge in [-0.3, -0.25) is 4.79 Å². The monoisotopic (exact) mass is 526 g/mol. The summed E-state index contributed by atoms with van der Waals surface area (Å²) in [5.74, 6) is -0.610. The number of nitrogens with zero attached hydrogens (tertiary/aromatic N) is 2. The molecule has 1 heterocycles. The van der Waals surface area contributed by atoms with Crippen molar-refractivity contribution in [2.75, 3.05) is 4.90 Å². The number of benzene rings is 1. The number of halogens is 1. The fraction of sp³-hybridized carbons (Fsp3) is 0.565. The van der Waals surface area contributed by atoms with Crippen LogP contribution in [0.5, 0.6) is 0 Å². The van der Waals surface area contributed by atoms with Crippen LogP contribution in [0, 0.1) is 0 Å². The highest BCUT2D eigenvalue weighted by Gasteiger charge is 2.42. The van der Waals surface area contributed by atoms with E-state index < -0.39 is 41.0 Å². The number of imide groups is 2. The van der Waals surface area contributed by atoms with Gasteiger partial charge < -0.3 is 14.2 Å². The van der Waals surface area contributed by atoms with Crippen LogP contribution < -0.4 is 4.90 Å². The molecule has 0 atom stereocenters. The number of fused-ring (bicyclic) bond motifs is 1. The molecule has 9 nitrogen and oxygen atoms in total. The second-order valence-electron chi connectivity index (χ2n) is 10.6. The summed E-state index contributed by atoms with van der Waals surface area (Å²) < 4.78 is 16.6. The predicted octanol–water partition coefficient (Wildman–Crippen LogP) is 6.02. The first-order chi connectivity index (χ1) is 14.8. The van der Waals surface area contributed by atoms with E-state index in [0.717, 1.165) is 9.80 Å². The van der Waals surface area contributed by atoms with Crippen molar-refractivity contribution in [3.8, 4) is 0 Å². The lowest BCUT2D eigenvalue weighted by atomic mass is 10.1. The molecule has 0 unspecified atom stereocenters. The lowest BCUT2D eigenvalue weighted by molar-refractivity contribution is 0.0247. The van der Waals surface area contributed by atoms with Gasteiger partial charge in [0.25, 0.3) is 5.91 Å². The molecular formula is C23H31BrN2O7. The van der Waals surface area contributed by atoms with Crippen molar-refractivity contribution >= 4 is 45.8 Å². The molecular weight excluding hydrogens is 496 g/mol. The van der Waals surface area contributed by atoms with E-state index in [-0.39, 0.29) is 23.4 Å². The maximum Gasteiger partial charge on any atom is 0.424 e. The van der Waals surface area contributed by atoms with Gasteiger partial charge in [-0.25, -0.2) is 19.3 Å². The van der Waals surface area contributed by atoms with E-state index in [1.54, 1.807) is 62.3 Å². The Hall–Kier alpha value is -2.62. The van der Waals surface area contributed by atoms with Crippen LogP contribution in [0.2, 0.25) is 0 Å². The maximum atomic E-state index is 13.1. The van der Waals surface area contributed by atoms with Crippen molar-refractivity contribution in [1.82, 2.24) is 4.90 Å². The predicted molar refractivity (Wildman–Crippen MR) is 125 cm³/mol. The van der Waals surface area contributed by atoms with Crippen LogP contribution in [-0.2, 0) is 20.8 Å². The number of rotatable bonds is 1. The van der Waals surface area contributed by atoms with Crippen LogP contribution in [-0.4, -0.2) is 45.9 Å². The Kier molecular flexibility index (Phi) is 7.23. The fourth-order valence-corrected chi connectivity index (χ4v) is 3.47. The summed E-state index contributed by atoms with van der Waals surface area (Å²) in [4.78, 5) is 53.5. The molecule has 0 saturated heterocycles. The minimum Gasteiger partial charge on any atom is -0.443 e. The SMILES string of the molecule is CC(C)(C)OC(=O)N1Cc2c(N(C(=O)OC(C)(C)C)C(=O)OC(C)(C)C)ccc(Br)c2C1=O. The topological polar surface area (TPSA) is 102 Å². The van der Waals surface area contributed by atoms with Gasteiger partial charge >= 0.3 is 18.3 Å². The lowest BCUT2D eigenvalue weighted by Gasteiger charge is -2.29. The van der Waals surface area contributed by atoms with E-state index in [9.17, 15) is 19.2 Å². The number of ether oxygens (including phenoxy) is 3. The van der Waals surface area contributed by atoms with Crippen molar-refractivity contribution in [2.45, 2.75) is 85.7 Å². The van der Waals surface area contributed by atoms with Crippen molar-refractivity contribution in [3.05, 3.63) is 27.7 Å². The number of amides is 4. The Balaban J connectivity index is 2.58. The molecule has 0 aliphatic carbocycles. The second kappa shape index (κ2) is 8.96.